The van der Waals surface area contributed by atoms with Crippen LogP contribution in [0, 0.1) is 5.41 Å². The molecule has 2 fully saturated rings. The van der Waals surface area contributed by atoms with Crippen molar-refractivity contribution in [1.29, 1.82) is 0 Å². The van der Waals surface area contributed by atoms with Gasteiger partial charge in [0.1, 0.15) is 12.1 Å². The minimum absolute atomic E-state index is 0.0714. The molecule has 0 aliphatic carbocycles. The van der Waals surface area contributed by atoms with E-state index in [0.717, 1.165) is 5.75 Å². The first-order valence-electron chi connectivity index (χ1n) is 7.66. The highest BCUT2D eigenvalue weighted by Gasteiger charge is 2.53. The van der Waals surface area contributed by atoms with Gasteiger partial charge in [0.05, 0.1) is 11.1 Å². The lowest BCUT2D eigenvalue weighted by molar-refractivity contribution is -0.142. The standard InChI is InChI=1S/C15H24N4O3S/c1-8(17-4)13(21)18-9-5-6-23-10-7-15(2,3)11(12(16)20)19(10)14(9)22/h9-11H,5-7H2,1-4H3,(H2,16,20)(H,18,21)/t9?,10-,11+/m0/s1. The molecule has 0 bridgehead atoms. The summed E-state index contributed by atoms with van der Waals surface area (Å²) in [6.45, 7) is 5.50. The van der Waals surface area contributed by atoms with Crippen molar-refractivity contribution in [2.45, 2.75) is 51.1 Å². The van der Waals surface area contributed by atoms with Gasteiger partial charge in [-0.3, -0.25) is 19.4 Å². The van der Waals surface area contributed by atoms with Crippen LogP contribution in [0.4, 0.5) is 0 Å². The number of nitrogens with one attached hydrogen (secondary N) is 1. The van der Waals surface area contributed by atoms with Crippen LogP contribution in [-0.2, 0) is 14.4 Å². The Morgan fingerprint density at radius 3 is 2.65 bits per heavy atom. The lowest BCUT2D eigenvalue weighted by Gasteiger charge is -2.32. The van der Waals surface area contributed by atoms with E-state index in [-0.39, 0.29) is 22.6 Å². The van der Waals surface area contributed by atoms with E-state index in [0.29, 0.717) is 18.6 Å². The van der Waals surface area contributed by atoms with Crippen LogP contribution in [0.2, 0.25) is 0 Å². The summed E-state index contributed by atoms with van der Waals surface area (Å²) in [6, 6.07) is -1.29. The molecule has 7 nitrogen and oxygen atoms in total. The highest BCUT2D eigenvalue weighted by Crippen LogP contribution is 2.45. The monoisotopic (exact) mass is 340 g/mol. The Bertz CT molecular complexity index is 561. The van der Waals surface area contributed by atoms with Crippen LogP contribution in [0.3, 0.4) is 0 Å². The van der Waals surface area contributed by atoms with Gasteiger partial charge in [-0.15, -0.1) is 11.8 Å². The van der Waals surface area contributed by atoms with E-state index in [1.54, 1.807) is 23.6 Å². The van der Waals surface area contributed by atoms with Gasteiger partial charge in [-0.05, 0) is 30.9 Å². The maximum Gasteiger partial charge on any atom is 0.265 e. The van der Waals surface area contributed by atoms with Gasteiger partial charge in [-0.2, -0.15) is 0 Å². The van der Waals surface area contributed by atoms with E-state index in [4.69, 9.17) is 5.73 Å². The Labute approximate surface area is 140 Å². The van der Waals surface area contributed by atoms with Crippen molar-refractivity contribution < 1.29 is 14.4 Å². The van der Waals surface area contributed by atoms with Gasteiger partial charge in [-0.25, -0.2) is 0 Å². The first-order chi connectivity index (χ1) is 10.7. The second-order valence-corrected chi connectivity index (χ2v) is 7.98. The van der Waals surface area contributed by atoms with Gasteiger partial charge in [-0.1, -0.05) is 13.8 Å². The normalized spacial score (nSPS) is 30.6. The van der Waals surface area contributed by atoms with Crippen molar-refractivity contribution in [2.24, 2.45) is 16.1 Å². The predicted octanol–water partition coefficient (Wildman–Crippen LogP) is 0.137. The van der Waals surface area contributed by atoms with Gasteiger partial charge in [0.15, 0.2) is 0 Å². The van der Waals surface area contributed by atoms with Crippen molar-refractivity contribution in [3.8, 4) is 0 Å². The number of fused-ring (bicyclic) bond motifs is 1. The quantitative estimate of drug-likeness (QED) is 0.713. The number of carbonyl (C=O) groups excluding carboxylic acids is 3. The lowest BCUT2D eigenvalue weighted by atomic mass is 9.84. The van der Waals surface area contributed by atoms with E-state index >= 15 is 0 Å². The summed E-state index contributed by atoms with van der Waals surface area (Å²) in [5, 5.41) is 2.66. The molecular formula is C15H24N4O3S. The molecule has 8 heteroatoms. The number of hydrogen-bond acceptors (Lipinski definition) is 5. The van der Waals surface area contributed by atoms with E-state index in [2.05, 4.69) is 10.3 Å². The van der Waals surface area contributed by atoms with Crippen molar-refractivity contribution in [3.63, 3.8) is 0 Å². The number of rotatable bonds is 3. The SMILES string of the molecule is CN=C(C)C(=O)NC1CCS[C@H]2CC(C)(C)[C@@H](C(N)=O)N2C1=O. The third kappa shape index (κ3) is 3.36. The molecule has 3 atom stereocenters. The van der Waals surface area contributed by atoms with Crippen LogP contribution in [-0.4, -0.2) is 58.6 Å². The van der Waals surface area contributed by atoms with Crippen LogP contribution in [0.1, 0.15) is 33.6 Å². The second kappa shape index (κ2) is 6.51. The van der Waals surface area contributed by atoms with Crippen molar-refractivity contribution in [2.75, 3.05) is 12.8 Å². The zero-order chi connectivity index (χ0) is 17.4. The lowest BCUT2D eigenvalue weighted by Crippen LogP contribution is -2.56. The Hall–Kier alpha value is -1.57. The molecule has 2 saturated heterocycles. The molecule has 0 aromatic carbocycles. The molecule has 2 aliphatic heterocycles. The minimum atomic E-state index is -0.647. The maximum atomic E-state index is 12.9. The summed E-state index contributed by atoms with van der Waals surface area (Å²) in [6.07, 6.45) is 1.25. The average molecular weight is 340 g/mol. The number of thioether (sulfide) groups is 1. The summed E-state index contributed by atoms with van der Waals surface area (Å²) in [4.78, 5) is 42.3. The minimum Gasteiger partial charge on any atom is -0.368 e. The highest BCUT2D eigenvalue weighted by molar-refractivity contribution is 7.99. The Morgan fingerprint density at radius 1 is 1.43 bits per heavy atom. The zero-order valence-corrected chi connectivity index (χ0v) is 14.8. The molecule has 2 heterocycles. The molecule has 1 unspecified atom stereocenters. The van der Waals surface area contributed by atoms with Crippen molar-refractivity contribution >= 4 is 35.2 Å². The van der Waals surface area contributed by atoms with Gasteiger partial charge >= 0.3 is 0 Å². The Morgan fingerprint density at radius 2 is 2.09 bits per heavy atom. The molecule has 0 spiro atoms. The molecule has 0 saturated carbocycles. The van der Waals surface area contributed by atoms with Crippen molar-refractivity contribution in [3.05, 3.63) is 0 Å². The van der Waals surface area contributed by atoms with Crippen LogP contribution in [0.25, 0.3) is 0 Å². The molecule has 2 aliphatic rings. The maximum absolute atomic E-state index is 12.9. The molecule has 0 aromatic heterocycles. The fourth-order valence-corrected chi connectivity index (χ4v) is 4.83. The third-order valence-electron chi connectivity index (χ3n) is 4.54. The van der Waals surface area contributed by atoms with Crippen LogP contribution in [0.5, 0.6) is 0 Å². The van der Waals surface area contributed by atoms with Crippen LogP contribution in [0.15, 0.2) is 4.99 Å². The second-order valence-electron chi connectivity index (χ2n) is 6.69. The van der Waals surface area contributed by atoms with Gasteiger partial charge in [0, 0.05) is 7.05 Å². The van der Waals surface area contributed by atoms with E-state index in [1.165, 1.54) is 7.05 Å². The number of primary amides is 1. The number of nitrogens with two attached hydrogens (primary N) is 1. The van der Waals surface area contributed by atoms with E-state index in [1.807, 2.05) is 13.8 Å². The molecule has 0 radical (unpaired) electrons. The molecule has 0 aromatic rings. The van der Waals surface area contributed by atoms with Crippen molar-refractivity contribution in [1.82, 2.24) is 10.2 Å². The summed E-state index contributed by atoms with van der Waals surface area (Å²) in [7, 11) is 1.53. The first kappa shape index (κ1) is 17.8. The number of carbonyl (C=O) groups is 3. The third-order valence-corrected chi connectivity index (χ3v) is 5.79. The summed E-state index contributed by atoms with van der Waals surface area (Å²) in [5.41, 5.74) is 5.51. The largest absolute Gasteiger partial charge is 0.368 e. The van der Waals surface area contributed by atoms with E-state index in [9.17, 15) is 14.4 Å². The number of nitrogens with zero attached hydrogens (tertiary/aromatic N) is 2. The van der Waals surface area contributed by atoms with Gasteiger partial charge in [0.25, 0.3) is 5.91 Å². The molecule has 128 valence electrons. The first-order valence-corrected chi connectivity index (χ1v) is 8.71. The summed E-state index contributed by atoms with van der Waals surface area (Å²) >= 11 is 1.64. The number of aliphatic imine (C=N–C) groups is 1. The molecule has 23 heavy (non-hydrogen) atoms. The van der Waals surface area contributed by atoms with Gasteiger partial charge < -0.3 is 16.0 Å². The number of amides is 3. The Kier molecular flexibility index (Phi) is 5.03. The predicted molar refractivity (Wildman–Crippen MR) is 90.1 cm³/mol. The fourth-order valence-electron chi connectivity index (χ4n) is 3.26. The molecule has 3 N–H and O–H groups in total. The smallest absolute Gasteiger partial charge is 0.265 e. The topological polar surface area (TPSA) is 105 Å². The van der Waals surface area contributed by atoms with E-state index < -0.39 is 18.0 Å². The molecule has 2 rings (SSSR count). The average Bonchev–Trinajstić information content (AvgIpc) is 2.66. The van der Waals surface area contributed by atoms with Crippen LogP contribution < -0.4 is 11.1 Å². The number of hydrogen-bond donors (Lipinski definition) is 2. The summed E-state index contributed by atoms with van der Waals surface area (Å²) in [5.74, 6) is -0.346. The zero-order valence-electron chi connectivity index (χ0n) is 14.0. The highest BCUT2D eigenvalue weighted by atomic mass is 32.2. The molecular weight excluding hydrogens is 316 g/mol. The summed E-state index contributed by atoms with van der Waals surface area (Å²) < 4.78 is 0. The fraction of sp³-hybridized carbons (Fsp3) is 0.733. The van der Waals surface area contributed by atoms with Gasteiger partial charge in [0.2, 0.25) is 11.8 Å². The molecule has 3 amide bonds. The van der Waals surface area contributed by atoms with Crippen LogP contribution >= 0.6 is 11.8 Å². The Balaban J connectivity index is 2.26.